The van der Waals surface area contributed by atoms with Gasteiger partial charge in [-0.3, -0.25) is 0 Å². The normalized spacial score (nSPS) is 14.4. The van der Waals surface area contributed by atoms with Crippen LogP contribution in [-0.2, 0) is 0 Å². The van der Waals surface area contributed by atoms with Crippen molar-refractivity contribution in [2.45, 2.75) is 13.0 Å². The summed E-state index contributed by atoms with van der Waals surface area (Å²) in [6, 6.07) is 9.10. The minimum absolute atomic E-state index is 0.252. The topological polar surface area (TPSA) is 66.2 Å². The summed E-state index contributed by atoms with van der Waals surface area (Å²) in [6.45, 7) is 3.20. The molecule has 0 radical (unpaired) electrons. The molecule has 3 aromatic rings. The molecule has 134 valence electrons. The Morgan fingerprint density at radius 2 is 1.77 bits per heavy atom. The Balaban J connectivity index is 1.56. The Morgan fingerprint density at radius 3 is 2.46 bits per heavy atom. The number of β-amino-alcohol motifs (C(OH)–C–C–N with tert-alkyl or cyclic N) is 1. The predicted octanol–water partition coefficient (Wildman–Crippen LogP) is 2.78. The van der Waals surface area contributed by atoms with Crippen molar-refractivity contribution in [1.29, 1.82) is 0 Å². The molecular formula is C18H17F2N5O. The van der Waals surface area contributed by atoms with Gasteiger partial charge >= 0.3 is 0 Å². The second-order valence-corrected chi connectivity index (χ2v) is 6.38. The van der Waals surface area contributed by atoms with Crippen LogP contribution in [0.15, 0.2) is 42.7 Å². The van der Waals surface area contributed by atoms with Gasteiger partial charge in [-0.15, -0.1) is 5.10 Å². The van der Waals surface area contributed by atoms with E-state index in [1.54, 1.807) is 0 Å². The van der Waals surface area contributed by atoms with Crippen LogP contribution in [-0.4, -0.2) is 39.1 Å². The van der Waals surface area contributed by atoms with Crippen molar-refractivity contribution in [1.82, 2.24) is 14.8 Å². The highest BCUT2D eigenvalue weighted by Crippen LogP contribution is 2.27. The molecule has 4 rings (SSSR count). The van der Waals surface area contributed by atoms with Gasteiger partial charge in [-0.25, -0.2) is 13.5 Å². The number of rotatable bonds is 4. The average Bonchev–Trinajstić information content (AvgIpc) is 2.99. The Morgan fingerprint density at radius 1 is 1.04 bits per heavy atom. The van der Waals surface area contributed by atoms with E-state index in [2.05, 4.69) is 20.3 Å². The SMILES string of the molecule is Cc1cc(Nc2ncn(-c3cc(F)cc(F)c3)n2)cc(N2CC(O)C2)c1. The van der Waals surface area contributed by atoms with Crippen LogP contribution in [0.1, 0.15) is 5.56 Å². The second-order valence-electron chi connectivity index (χ2n) is 6.38. The van der Waals surface area contributed by atoms with Gasteiger partial charge in [0.25, 0.3) is 0 Å². The zero-order valence-corrected chi connectivity index (χ0v) is 14.0. The highest BCUT2D eigenvalue weighted by Gasteiger charge is 2.24. The van der Waals surface area contributed by atoms with Crippen molar-refractivity contribution in [2.24, 2.45) is 0 Å². The molecule has 0 bridgehead atoms. The molecule has 1 aliphatic heterocycles. The number of aliphatic hydroxyl groups excluding tert-OH is 1. The molecule has 1 aromatic heterocycles. The highest BCUT2D eigenvalue weighted by molar-refractivity contribution is 5.64. The van der Waals surface area contributed by atoms with Crippen molar-refractivity contribution in [3.63, 3.8) is 0 Å². The lowest BCUT2D eigenvalue weighted by atomic mass is 10.1. The lowest BCUT2D eigenvalue weighted by Crippen LogP contribution is -2.50. The largest absolute Gasteiger partial charge is 0.389 e. The van der Waals surface area contributed by atoms with E-state index in [0.717, 1.165) is 23.0 Å². The summed E-state index contributed by atoms with van der Waals surface area (Å²) < 4.78 is 28.0. The molecule has 1 aliphatic rings. The van der Waals surface area contributed by atoms with Crippen molar-refractivity contribution >= 4 is 17.3 Å². The summed E-state index contributed by atoms with van der Waals surface area (Å²) in [5.74, 6) is -1.04. The number of nitrogens with one attached hydrogen (secondary N) is 1. The minimum atomic E-state index is -0.676. The van der Waals surface area contributed by atoms with E-state index >= 15 is 0 Å². The highest BCUT2D eigenvalue weighted by atomic mass is 19.1. The maximum Gasteiger partial charge on any atom is 0.246 e. The number of nitrogens with zero attached hydrogens (tertiary/aromatic N) is 4. The van der Waals surface area contributed by atoms with Crippen LogP contribution in [0, 0.1) is 18.6 Å². The van der Waals surface area contributed by atoms with Crippen LogP contribution in [0.3, 0.4) is 0 Å². The smallest absolute Gasteiger partial charge is 0.246 e. The van der Waals surface area contributed by atoms with Crippen molar-refractivity contribution < 1.29 is 13.9 Å². The number of aryl methyl sites for hydroxylation is 1. The van der Waals surface area contributed by atoms with Gasteiger partial charge in [-0.1, -0.05) is 0 Å². The average molecular weight is 357 g/mol. The number of aliphatic hydroxyl groups is 1. The minimum Gasteiger partial charge on any atom is -0.389 e. The van der Waals surface area contributed by atoms with Gasteiger partial charge in [0.05, 0.1) is 11.8 Å². The molecule has 1 saturated heterocycles. The molecule has 0 atom stereocenters. The lowest BCUT2D eigenvalue weighted by molar-refractivity contribution is 0.142. The summed E-state index contributed by atoms with van der Waals surface area (Å²) in [7, 11) is 0. The Kier molecular flexibility index (Phi) is 4.04. The maximum atomic E-state index is 13.4. The number of aromatic nitrogens is 3. The lowest BCUT2D eigenvalue weighted by Gasteiger charge is -2.38. The summed E-state index contributed by atoms with van der Waals surface area (Å²) in [4.78, 5) is 6.21. The third-order valence-corrected chi connectivity index (χ3v) is 4.15. The molecule has 0 unspecified atom stereocenters. The first-order valence-corrected chi connectivity index (χ1v) is 8.16. The van der Waals surface area contributed by atoms with E-state index in [1.165, 1.54) is 23.1 Å². The van der Waals surface area contributed by atoms with E-state index in [-0.39, 0.29) is 11.8 Å². The molecule has 8 heteroatoms. The van der Waals surface area contributed by atoms with Gasteiger partial charge in [-0.2, -0.15) is 4.98 Å². The first-order chi connectivity index (χ1) is 12.5. The van der Waals surface area contributed by atoms with Crippen molar-refractivity contribution in [3.8, 4) is 5.69 Å². The zero-order valence-electron chi connectivity index (χ0n) is 14.0. The van der Waals surface area contributed by atoms with Gasteiger partial charge in [0.2, 0.25) is 5.95 Å². The molecular weight excluding hydrogens is 340 g/mol. The molecule has 0 aliphatic carbocycles. The van der Waals surface area contributed by atoms with E-state index < -0.39 is 11.6 Å². The Bertz CT molecular complexity index is 932. The van der Waals surface area contributed by atoms with E-state index in [9.17, 15) is 13.9 Å². The zero-order chi connectivity index (χ0) is 18.3. The van der Waals surface area contributed by atoms with Crippen LogP contribution < -0.4 is 10.2 Å². The van der Waals surface area contributed by atoms with Crippen LogP contribution >= 0.6 is 0 Å². The molecule has 2 aromatic carbocycles. The van der Waals surface area contributed by atoms with Gasteiger partial charge in [-0.05, 0) is 42.8 Å². The fourth-order valence-corrected chi connectivity index (χ4v) is 2.93. The van der Waals surface area contributed by atoms with Gasteiger partial charge in [0, 0.05) is 30.5 Å². The number of hydrogen-bond acceptors (Lipinski definition) is 5. The summed E-state index contributed by atoms with van der Waals surface area (Å²) in [5, 5.41) is 16.8. The molecule has 0 spiro atoms. The number of halogens is 2. The summed E-state index contributed by atoms with van der Waals surface area (Å²) in [6.07, 6.45) is 1.11. The molecule has 2 N–H and O–H groups in total. The van der Waals surface area contributed by atoms with Gasteiger partial charge in [0.15, 0.2) is 0 Å². The van der Waals surface area contributed by atoms with Crippen molar-refractivity contribution in [3.05, 3.63) is 59.9 Å². The standard InChI is InChI=1S/C18H17F2N5O/c1-11-2-14(7-15(3-11)24-8-17(26)9-24)22-18-21-10-25(23-18)16-5-12(19)4-13(20)6-16/h2-7,10,17,26H,8-9H2,1H3,(H,22,23). The second kappa shape index (κ2) is 6.38. The number of benzene rings is 2. The molecule has 0 amide bonds. The fraction of sp³-hybridized carbons (Fsp3) is 0.222. The van der Waals surface area contributed by atoms with Gasteiger partial charge in [0.1, 0.15) is 18.0 Å². The van der Waals surface area contributed by atoms with Crippen LogP contribution in [0.5, 0.6) is 0 Å². The molecule has 6 nitrogen and oxygen atoms in total. The summed E-state index contributed by atoms with van der Waals surface area (Å²) in [5.41, 5.74) is 3.11. The monoisotopic (exact) mass is 357 g/mol. The van der Waals surface area contributed by atoms with E-state index in [0.29, 0.717) is 19.0 Å². The van der Waals surface area contributed by atoms with Crippen LogP contribution in [0.25, 0.3) is 5.69 Å². The molecule has 0 saturated carbocycles. The third kappa shape index (κ3) is 3.36. The predicted molar refractivity (Wildman–Crippen MR) is 94.0 cm³/mol. The first kappa shape index (κ1) is 16.5. The third-order valence-electron chi connectivity index (χ3n) is 4.15. The van der Waals surface area contributed by atoms with Crippen LogP contribution in [0.4, 0.5) is 26.1 Å². The Hall–Kier alpha value is -3.00. The van der Waals surface area contributed by atoms with Crippen LogP contribution in [0.2, 0.25) is 0 Å². The van der Waals surface area contributed by atoms with E-state index in [1.807, 2.05) is 25.1 Å². The first-order valence-electron chi connectivity index (χ1n) is 8.16. The number of hydrogen-bond donors (Lipinski definition) is 2. The molecule has 2 heterocycles. The quantitative estimate of drug-likeness (QED) is 0.752. The molecule has 1 fully saturated rings. The van der Waals surface area contributed by atoms with E-state index in [4.69, 9.17) is 0 Å². The van der Waals surface area contributed by atoms with Gasteiger partial charge < -0.3 is 15.3 Å². The maximum absolute atomic E-state index is 13.4. The Labute approximate surface area is 148 Å². The molecule has 26 heavy (non-hydrogen) atoms. The number of anilines is 3. The fourth-order valence-electron chi connectivity index (χ4n) is 2.93. The summed E-state index contributed by atoms with van der Waals surface area (Å²) >= 11 is 0. The van der Waals surface area contributed by atoms with Crippen molar-refractivity contribution in [2.75, 3.05) is 23.3 Å².